The van der Waals surface area contributed by atoms with Crippen LogP contribution in [-0.4, -0.2) is 30.7 Å². The number of ether oxygens (including phenoxy) is 1. The summed E-state index contributed by atoms with van der Waals surface area (Å²) in [5.41, 5.74) is 7.76. The van der Waals surface area contributed by atoms with Gasteiger partial charge in [0.05, 0.1) is 12.8 Å². The van der Waals surface area contributed by atoms with E-state index in [1.54, 1.807) is 7.11 Å². The van der Waals surface area contributed by atoms with E-state index < -0.39 is 0 Å². The van der Waals surface area contributed by atoms with Crippen molar-refractivity contribution < 1.29 is 4.74 Å². The molecule has 0 aromatic heterocycles. The summed E-state index contributed by atoms with van der Waals surface area (Å²) in [6, 6.07) is 6.05. The zero-order valence-corrected chi connectivity index (χ0v) is 12.2. The van der Waals surface area contributed by atoms with Crippen LogP contribution in [0, 0.1) is 0 Å². The Morgan fingerprint density at radius 1 is 1.33 bits per heavy atom. The standard InChI is InChI=1S/C14H22N2OS/c1-14(2)6-7-16(8-9-18-14)11-4-5-12(15)13(10-11)17-3/h4-5,10H,6-9,15H2,1-3H3. The van der Waals surface area contributed by atoms with Gasteiger partial charge in [-0.2, -0.15) is 11.8 Å². The average Bonchev–Trinajstić information content (AvgIpc) is 2.51. The zero-order chi connectivity index (χ0) is 13.2. The highest BCUT2D eigenvalue weighted by Crippen LogP contribution is 2.34. The van der Waals surface area contributed by atoms with E-state index in [4.69, 9.17) is 10.5 Å². The molecule has 100 valence electrons. The summed E-state index contributed by atoms with van der Waals surface area (Å²) in [6.07, 6.45) is 1.20. The van der Waals surface area contributed by atoms with Crippen LogP contribution in [0.1, 0.15) is 20.3 Å². The molecule has 1 aliphatic heterocycles. The van der Waals surface area contributed by atoms with Crippen LogP contribution >= 0.6 is 11.8 Å². The summed E-state index contributed by atoms with van der Waals surface area (Å²) in [6.45, 7) is 6.82. The fourth-order valence-corrected chi connectivity index (χ4v) is 3.27. The third-order valence-electron chi connectivity index (χ3n) is 3.42. The van der Waals surface area contributed by atoms with Gasteiger partial charge in [-0.25, -0.2) is 0 Å². The molecule has 1 heterocycles. The van der Waals surface area contributed by atoms with Gasteiger partial charge in [-0.1, -0.05) is 13.8 Å². The van der Waals surface area contributed by atoms with E-state index in [0.717, 1.165) is 18.8 Å². The fraction of sp³-hybridized carbons (Fsp3) is 0.571. The van der Waals surface area contributed by atoms with Crippen LogP contribution in [0.15, 0.2) is 18.2 Å². The molecule has 1 fully saturated rings. The molecule has 2 N–H and O–H groups in total. The molecule has 0 atom stereocenters. The molecule has 0 amide bonds. The first-order chi connectivity index (χ1) is 8.52. The number of hydrogen-bond acceptors (Lipinski definition) is 4. The minimum Gasteiger partial charge on any atom is -0.495 e. The molecule has 0 spiro atoms. The van der Waals surface area contributed by atoms with Crippen molar-refractivity contribution in [2.75, 3.05) is 36.6 Å². The lowest BCUT2D eigenvalue weighted by atomic mass is 10.1. The molecule has 0 unspecified atom stereocenters. The first kappa shape index (κ1) is 13.4. The van der Waals surface area contributed by atoms with E-state index in [1.807, 2.05) is 12.1 Å². The number of nitrogen functional groups attached to an aromatic ring is 1. The van der Waals surface area contributed by atoms with Crippen LogP contribution in [0.3, 0.4) is 0 Å². The third-order valence-corrected chi connectivity index (χ3v) is 4.79. The van der Waals surface area contributed by atoms with Crippen LogP contribution in [-0.2, 0) is 0 Å². The number of anilines is 2. The van der Waals surface area contributed by atoms with Crippen molar-refractivity contribution in [2.24, 2.45) is 0 Å². The molecule has 1 aromatic rings. The van der Waals surface area contributed by atoms with E-state index in [2.05, 4.69) is 36.6 Å². The second-order valence-electron chi connectivity index (χ2n) is 5.27. The van der Waals surface area contributed by atoms with Crippen molar-refractivity contribution in [3.05, 3.63) is 18.2 Å². The van der Waals surface area contributed by atoms with Gasteiger partial charge in [0.2, 0.25) is 0 Å². The molecular weight excluding hydrogens is 244 g/mol. The van der Waals surface area contributed by atoms with Gasteiger partial charge in [-0.15, -0.1) is 0 Å². The van der Waals surface area contributed by atoms with Crippen LogP contribution in [0.25, 0.3) is 0 Å². The summed E-state index contributed by atoms with van der Waals surface area (Å²) < 4.78 is 5.67. The van der Waals surface area contributed by atoms with E-state index in [0.29, 0.717) is 10.4 Å². The monoisotopic (exact) mass is 266 g/mol. The number of nitrogens with two attached hydrogens (primary N) is 1. The molecule has 1 aliphatic rings. The highest BCUT2D eigenvalue weighted by atomic mass is 32.2. The number of benzene rings is 1. The van der Waals surface area contributed by atoms with Crippen molar-refractivity contribution in [1.82, 2.24) is 0 Å². The molecule has 1 aromatic carbocycles. The minimum atomic E-state index is 0.382. The maximum atomic E-state index is 5.86. The van der Waals surface area contributed by atoms with Gasteiger partial charge in [-0.3, -0.25) is 0 Å². The maximum Gasteiger partial charge on any atom is 0.143 e. The Balaban J connectivity index is 2.16. The van der Waals surface area contributed by atoms with Crippen LogP contribution in [0.2, 0.25) is 0 Å². The van der Waals surface area contributed by atoms with Crippen LogP contribution < -0.4 is 15.4 Å². The van der Waals surface area contributed by atoms with Gasteiger partial charge < -0.3 is 15.4 Å². The number of methoxy groups -OCH3 is 1. The Hall–Kier alpha value is -1.03. The molecular formula is C14H22N2OS. The predicted octanol–water partition coefficient (Wildman–Crippen LogP) is 3.00. The lowest BCUT2D eigenvalue weighted by molar-refractivity contribution is 0.417. The van der Waals surface area contributed by atoms with Gasteiger partial charge >= 0.3 is 0 Å². The van der Waals surface area contributed by atoms with Gasteiger partial charge in [0.25, 0.3) is 0 Å². The smallest absolute Gasteiger partial charge is 0.143 e. The lowest BCUT2D eigenvalue weighted by Crippen LogP contribution is -2.26. The highest BCUT2D eigenvalue weighted by Gasteiger charge is 2.23. The molecule has 0 aliphatic carbocycles. The van der Waals surface area contributed by atoms with Crippen molar-refractivity contribution >= 4 is 23.1 Å². The average molecular weight is 266 g/mol. The van der Waals surface area contributed by atoms with Gasteiger partial charge in [0.15, 0.2) is 0 Å². The Kier molecular flexibility index (Phi) is 3.95. The van der Waals surface area contributed by atoms with Crippen molar-refractivity contribution in [3.8, 4) is 5.75 Å². The number of thioether (sulfide) groups is 1. The third kappa shape index (κ3) is 3.05. The largest absolute Gasteiger partial charge is 0.495 e. The summed E-state index contributed by atoms with van der Waals surface area (Å²) in [4.78, 5) is 2.42. The maximum absolute atomic E-state index is 5.86. The van der Waals surface area contributed by atoms with Crippen molar-refractivity contribution in [3.63, 3.8) is 0 Å². The molecule has 3 nitrogen and oxygen atoms in total. The summed E-state index contributed by atoms with van der Waals surface area (Å²) in [5.74, 6) is 1.93. The van der Waals surface area contributed by atoms with Crippen LogP contribution in [0.5, 0.6) is 5.75 Å². The normalized spacial score (nSPS) is 19.4. The minimum absolute atomic E-state index is 0.382. The number of rotatable bonds is 2. The van der Waals surface area contributed by atoms with Crippen molar-refractivity contribution in [1.29, 1.82) is 0 Å². The summed E-state index contributed by atoms with van der Waals surface area (Å²) in [7, 11) is 1.66. The molecule has 2 rings (SSSR count). The highest BCUT2D eigenvalue weighted by molar-refractivity contribution is 8.00. The summed E-state index contributed by atoms with van der Waals surface area (Å²) >= 11 is 2.06. The zero-order valence-electron chi connectivity index (χ0n) is 11.4. The van der Waals surface area contributed by atoms with E-state index in [-0.39, 0.29) is 0 Å². The molecule has 0 saturated carbocycles. The van der Waals surface area contributed by atoms with Gasteiger partial charge in [-0.05, 0) is 18.6 Å². The lowest BCUT2D eigenvalue weighted by Gasteiger charge is -2.24. The van der Waals surface area contributed by atoms with E-state index in [1.165, 1.54) is 17.9 Å². The Bertz CT molecular complexity index is 420. The second kappa shape index (κ2) is 5.31. The van der Waals surface area contributed by atoms with Crippen LogP contribution in [0.4, 0.5) is 11.4 Å². The Morgan fingerprint density at radius 2 is 2.11 bits per heavy atom. The van der Waals surface area contributed by atoms with E-state index >= 15 is 0 Å². The van der Waals surface area contributed by atoms with Gasteiger partial charge in [0, 0.05) is 35.3 Å². The van der Waals surface area contributed by atoms with E-state index in [9.17, 15) is 0 Å². The summed E-state index contributed by atoms with van der Waals surface area (Å²) in [5, 5.41) is 0. The SMILES string of the molecule is COc1cc(N2CCSC(C)(C)CC2)ccc1N. The first-order valence-corrected chi connectivity index (χ1v) is 7.33. The molecule has 4 heteroatoms. The topological polar surface area (TPSA) is 38.5 Å². The quantitative estimate of drug-likeness (QED) is 0.835. The number of hydrogen-bond donors (Lipinski definition) is 1. The predicted molar refractivity (Wildman–Crippen MR) is 80.8 cm³/mol. The molecule has 18 heavy (non-hydrogen) atoms. The molecule has 0 radical (unpaired) electrons. The molecule has 0 bridgehead atoms. The second-order valence-corrected chi connectivity index (χ2v) is 7.07. The van der Waals surface area contributed by atoms with Crippen molar-refractivity contribution in [2.45, 2.75) is 25.0 Å². The van der Waals surface area contributed by atoms with Gasteiger partial charge in [0.1, 0.15) is 5.75 Å². The fourth-order valence-electron chi connectivity index (χ4n) is 2.18. The first-order valence-electron chi connectivity index (χ1n) is 6.34. The Morgan fingerprint density at radius 3 is 2.83 bits per heavy atom. The number of nitrogens with zero attached hydrogens (tertiary/aromatic N) is 1. The Labute approximate surface area is 114 Å². The molecule has 1 saturated heterocycles.